The minimum Gasteiger partial charge on any atom is -0.493 e. The van der Waals surface area contributed by atoms with Crippen LogP contribution in [-0.2, 0) is 24.0 Å². The van der Waals surface area contributed by atoms with Crippen molar-refractivity contribution in [3.8, 4) is 11.6 Å². The Morgan fingerprint density at radius 1 is 1.16 bits per heavy atom. The van der Waals surface area contributed by atoms with Gasteiger partial charge >= 0.3 is 11.0 Å². The Hall–Kier alpha value is -3.13. The van der Waals surface area contributed by atoms with Crippen molar-refractivity contribution in [1.82, 2.24) is 9.55 Å². The zero-order valence-electron chi connectivity index (χ0n) is 17.8. The summed E-state index contributed by atoms with van der Waals surface area (Å²) in [6.07, 6.45) is 2.64. The van der Waals surface area contributed by atoms with Crippen LogP contribution in [0.3, 0.4) is 0 Å². The van der Waals surface area contributed by atoms with Gasteiger partial charge in [-0.2, -0.15) is 4.57 Å². The Bertz CT molecular complexity index is 1070. The average Bonchev–Trinajstić information content (AvgIpc) is 3.02. The second-order valence-electron chi connectivity index (χ2n) is 7.31. The molecule has 0 spiro atoms. The number of carbonyl (C=O) groups excluding carboxylic acids is 1. The van der Waals surface area contributed by atoms with Gasteiger partial charge in [-0.25, -0.2) is 4.79 Å². The van der Waals surface area contributed by atoms with E-state index in [-0.39, 0.29) is 12.0 Å². The summed E-state index contributed by atoms with van der Waals surface area (Å²) in [6, 6.07) is 11.5. The lowest BCUT2D eigenvalue weighted by Crippen LogP contribution is -2.25. The van der Waals surface area contributed by atoms with Crippen molar-refractivity contribution in [2.75, 3.05) is 6.61 Å². The van der Waals surface area contributed by atoms with Crippen LogP contribution < -0.4 is 9.61 Å². The molecular weight excluding hydrogens is 416 g/mol. The molecule has 0 aliphatic rings. The topological polar surface area (TPSA) is 90.7 Å². The van der Waals surface area contributed by atoms with Crippen molar-refractivity contribution in [1.29, 1.82) is 0 Å². The maximum Gasteiger partial charge on any atom is 0.424 e. The van der Waals surface area contributed by atoms with E-state index < -0.39 is 11.0 Å². The zero-order chi connectivity index (χ0) is 22.4. The molecule has 3 aromatic rings. The quantitative estimate of drug-likeness (QED) is 0.563. The number of aromatic nitrogens is 2. The largest absolute Gasteiger partial charge is 0.493 e. The summed E-state index contributed by atoms with van der Waals surface area (Å²) in [5, 5.41) is 10.3. The summed E-state index contributed by atoms with van der Waals surface area (Å²) in [6.45, 7) is 5.97. The molecule has 0 saturated heterocycles. The van der Waals surface area contributed by atoms with Crippen LogP contribution in [0.5, 0.6) is 11.6 Å². The van der Waals surface area contributed by atoms with Crippen LogP contribution in [0, 0.1) is 0 Å². The van der Waals surface area contributed by atoms with Gasteiger partial charge in [-0.3, -0.25) is 9.78 Å². The first-order chi connectivity index (χ1) is 14.9. The Morgan fingerprint density at radius 2 is 1.87 bits per heavy atom. The van der Waals surface area contributed by atoms with Gasteiger partial charge in [0.05, 0.1) is 17.6 Å². The number of rotatable bonds is 8. The summed E-state index contributed by atoms with van der Waals surface area (Å²) in [7, 11) is 0. The van der Waals surface area contributed by atoms with Gasteiger partial charge in [0.25, 0.3) is 0 Å². The maximum absolute atomic E-state index is 12.1. The number of benzene rings is 1. The molecule has 0 atom stereocenters. The molecule has 31 heavy (non-hydrogen) atoms. The van der Waals surface area contributed by atoms with Crippen LogP contribution in [0.25, 0.3) is 0 Å². The van der Waals surface area contributed by atoms with E-state index in [0.717, 1.165) is 34.8 Å². The standard InChI is InChI=1S/C23H26N2O5S/c1-4-16-5-8-18(24-14-16)11-12-29-19-9-6-17(7-10-19)13-20-21(26)25(23(28)31-20)22(27)30-15(2)3/h5-10,14-15,26H,4,11-13H2,1-3H3. The van der Waals surface area contributed by atoms with Gasteiger partial charge in [0.1, 0.15) is 5.75 Å². The molecule has 0 aliphatic carbocycles. The molecule has 2 heterocycles. The molecule has 1 aromatic carbocycles. The van der Waals surface area contributed by atoms with E-state index in [0.29, 0.717) is 28.9 Å². The van der Waals surface area contributed by atoms with Gasteiger partial charge < -0.3 is 14.6 Å². The molecule has 2 aromatic heterocycles. The van der Waals surface area contributed by atoms with Crippen molar-refractivity contribution in [3.05, 3.63) is 74.0 Å². The number of nitrogens with zero attached hydrogens (tertiary/aromatic N) is 2. The molecule has 3 rings (SSSR count). The molecule has 0 bridgehead atoms. The third kappa shape index (κ3) is 5.95. The maximum atomic E-state index is 12.1. The van der Waals surface area contributed by atoms with Gasteiger partial charge in [-0.1, -0.05) is 36.5 Å². The van der Waals surface area contributed by atoms with E-state index in [1.165, 1.54) is 5.56 Å². The van der Waals surface area contributed by atoms with Gasteiger partial charge in [0, 0.05) is 24.7 Å². The number of thiazole rings is 1. The minimum absolute atomic E-state index is 0.321. The van der Waals surface area contributed by atoms with Crippen molar-refractivity contribution >= 4 is 17.4 Å². The number of aromatic hydroxyl groups is 1. The molecule has 8 heteroatoms. The molecular formula is C23H26N2O5S. The summed E-state index contributed by atoms with van der Waals surface area (Å²) in [5.41, 5.74) is 3.08. The number of aryl methyl sites for hydroxylation is 1. The van der Waals surface area contributed by atoms with Crippen LogP contribution in [-0.4, -0.2) is 33.5 Å². The van der Waals surface area contributed by atoms with Gasteiger partial charge in [0.2, 0.25) is 5.88 Å². The van der Waals surface area contributed by atoms with Crippen LogP contribution in [0.4, 0.5) is 4.79 Å². The average molecular weight is 443 g/mol. The summed E-state index contributed by atoms with van der Waals surface area (Å²) >= 11 is 0.828. The van der Waals surface area contributed by atoms with Crippen LogP contribution in [0.1, 0.15) is 42.5 Å². The van der Waals surface area contributed by atoms with Crippen LogP contribution in [0.2, 0.25) is 0 Å². The number of pyridine rings is 1. The third-order valence-electron chi connectivity index (χ3n) is 4.58. The monoisotopic (exact) mass is 442 g/mol. The SMILES string of the molecule is CCc1ccc(CCOc2ccc(Cc3sc(=O)n(C(=O)OC(C)C)c3O)cc2)nc1. The van der Waals surface area contributed by atoms with E-state index in [1.807, 2.05) is 36.5 Å². The highest BCUT2D eigenvalue weighted by Crippen LogP contribution is 2.25. The molecule has 0 amide bonds. The van der Waals surface area contributed by atoms with E-state index in [2.05, 4.69) is 18.0 Å². The third-order valence-corrected chi connectivity index (χ3v) is 5.51. The molecule has 1 N–H and O–H groups in total. The molecule has 0 fully saturated rings. The first-order valence-electron chi connectivity index (χ1n) is 10.2. The highest BCUT2D eigenvalue weighted by Gasteiger charge is 2.21. The predicted molar refractivity (Wildman–Crippen MR) is 119 cm³/mol. The van der Waals surface area contributed by atoms with Crippen molar-refractivity contribution in [3.63, 3.8) is 0 Å². The molecule has 164 valence electrons. The Balaban J connectivity index is 1.58. The first kappa shape index (κ1) is 22.6. The predicted octanol–water partition coefficient (Wildman–Crippen LogP) is 4.18. The van der Waals surface area contributed by atoms with Crippen molar-refractivity contribution < 1.29 is 19.4 Å². The fourth-order valence-electron chi connectivity index (χ4n) is 2.91. The number of hydrogen-bond donors (Lipinski definition) is 1. The second kappa shape index (κ2) is 10.3. The highest BCUT2D eigenvalue weighted by atomic mass is 32.1. The van der Waals surface area contributed by atoms with Crippen molar-refractivity contribution in [2.24, 2.45) is 0 Å². The lowest BCUT2D eigenvalue weighted by molar-refractivity contribution is 0.114. The molecule has 0 aliphatic heterocycles. The number of ether oxygens (including phenoxy) is 2. The lowest BCUT2D eigenvalue weighted by Gasteiger charge is -2.08. The second-order valence-corrected chi connectivity index (χ2v) is 8.36. The Kier molecular flexibility index (Phi) is 7.46. The molecule has 0 unspecified atom stereocenters. The van der Waals surface area contributed by atoms with Crippen LogP contribution in [0.15, 0.2) is 47.4 Å². The van der Waals surface area contributed by atoms with E-state index in [4.69, 9.17) is 9.47 Å². The Morgan fingerprint density at radius 3 is 2.48 bits per heavy atom. The minimum atomic E-state index is -0.873. The van der Waals surface area contributed by atoms with E-state index in [1.54, 1.807) is 13.8 Å². The number of hydrogen-bond acceptors (Lipinski definition) is 7. The van der Waals surface area contributed by atoms with E-state index in [9.17, 15) is 14.7 Å². The van der Waals surface area contributed by atoms with Crippen LogP contribution >= 0.6 is 11.3 Å². The smallest absolute Gasteiger partial charge is 0.424 e. The first-order valence-corrected chi connectivity index (χ1v) is 11.0. The normalized spacial score (nSPS) is 11.0. The summed E-state index contributed by atoms with van der Waals surface area (Å²) < 4.78 is 11.5. The lowest BCUT2D eigenvalue weighted by atomic mass is 10.1. The molecule has 0 saturated carbocycles. The summed E-state index contributed by atoms with van der Waals surface area (Å²) in [5.74, 6) is 0.354. The summed E-state index contributed by atoms with van der Waals surface area (Å²) in [4.78, 5) is 28.4. The zero-order valence-corrected chi connectivity index (χ0v) is 18.6. The molecule has 0 radical (unpaired) electrons. The molecule has 7 nitrogen and oxygen atoms in total. The Labute approximate surface area is 184 Å². The van der Waals surface area contributed by atoms with Gasteiger partial charge in [-0.15, -0.1) is 0 Å². The fraction of sp³-hybridized carbons (Fsp3) is 0.348. The fourth-order valence-corrected chi connectivity index (χ4v) is 3.80. The number of carbonyl (C=O) groups is 1. The van der Waals surface area contributed by atoms with Crippen molar-refractivity contribution in [2.45, 2.75) is 46.1 Å². The van der Waals surface area contributed by atoms with Gasteiger partial charge in [0.15, 0.2) is 0 Å². The highest BCUT2D eigenvalue weighted by molar-refractivity contribution is 7.09. The van der Waals surface area contributed by atoms with Gasteiger partial charge in [-0.05, 0) is 49.6 Å². The van der Waals surface area contributed by atoms with E-state index >= 15 is 0 Å².